The summed E-state index contributed by atoms with van der Waals surface area (Å²) in [5, 5.41) is 4.14. The SMILES string of the molecule is CCCCCCCCCCNc1cncc(N2CCc3cc(Cl)ccc3C2=O)c1. The fraction of sp³-hybridized carbons (Fsp3) is 0.500. The van der Waals surface area contributed by atoms with E-state index in [1.165, 1.54) is 44.9 Å². The van der Waals surface area contributed by atoms with Crippen LogP contribution in [0.25, 0.3) is 0 Å². The third kappa shape index (κ3) is 6.20. The second kappa shape index (κ2) is 11.2. The van der Waals surface area contributed by atoms with E-state index in [1.807, 2.05) is 29.3 Å². The predicted octanol–water partition coefficient (Wildman–Crippen LogP) is 6.49. The summed E-state index contributed by atoms with van der Waals surface area (Å²) in [6, 6.07) is 7.52. The Morgan fingerprint density at radius 1 is 1.03 bits per heavy atom. The summed E-state index contributed by atoms with van der Waals surface area (Å²) in [5.41, 5.74) is 3.57. The monoisotopic (exact) mass is 413 g/mol. The van der Waals surface area contributed by atoms with Crippen molar-refractivity contribution in [2.75, 3.05) is 23.3 Å². The number of nitrogens with zero attached hydrogens (tertiary/aromatic N) is 2. The van der Waals surface area contributed by atoms with Crippen molar-refractivity contribution < 1.29 is 4.79 Å². The molecule has 29 heavy (non-hydrogen) atoms. The number of halogens is 1. The molecule has 0 saturated carbocycles. The summed E-state index contributed by atoms with van der Waals surface area (Å²) in [6.07, 6.45) is 14.9. The van der Waals surface area contributed by atoms with Gasteiger partial charge in [-0.1, -0.05) is 63.5 Å². The highest BCUT2D eigenvalue weighted by molar-refractivity contribution is 6.30. The minimum Gasteiger partial charge on any atom is -0.384 e. The predicted molar refractivity (Wildman–Crippen MR) is 122 cm³/mol. The maximum atomic E-state index is 12.9. The number of benzene rings is 1. The topological polar surface area (TPSA) is 45.2 Å². The number of hydrogen-bond donors (Lipinski definition) is 1. The molecule has 3 rings (SSSR count). The Balaban J connectivity index is 1.47. The van der Waals surface area contributed by atoms with E-state index in [2.05, 4.69) is 17.2 Å². The van der Waals surface area contributed by atoms with Gasteiger partial charge in [-0.05, 0) is 42.7 Å². The molecule has 4 nitrogen and oxygen atoms in total. The molecular weight excluding hydrogens is 382 g/mol. The number of amides is 1. The molecular formula is C24H32ClN3O. The van der Waals surface area contributed by atoms with E-state index < -0.39 is 0 Å². The molecule has 0 radical (unpaired) electrons. The molecule has 1 aliphatic heterocycles. The number of anilines is 2. The van der Waals surface area contributed by atoms with Crippen molar-refractivity contribution in [1.29, 1.82) is 0 Å². The van der Waals surface area contributed by atoms with Gasteiger partial charge < -0.3 is 10.2 Å². The maximum absolute atomic E-state index is 12.9. The summed E-state index contributed by atoms with van der Waals surface area (Å²) < 4.78 is 0. The highest BCUT2D eigenvalue weighted by Gasteiger charge is 2.25. The minimum atomic E-state index is 0.0185. The summed E-state index contributed by atoms with van der Waals surface area (Å²) in [6.45, 7) is 3.84. The number of hydrogen-bond acceptors (Lipinski definition) is 3. The largest absolute Gasteiger partial charge is 0.384 e. The molecule has 1 N–H and O–H groups in total. The Kier molecular flexibility index (Phi) is 8.36. The average Bonchev–Trinajstić information content (AvgIpc) is 2.73. The highest BCUT2D eigenvalue weighted by atomic mass is 35.5. The molecule has 0 bridgehead atoms. The first-order chi connectivity index (χ1) is 14.2. The van der Waals surface area contributed by atoms with Crippen LogP contribution in [0.3, 0.4) is 0 Å². The summed E-state index contributed by atoms with van der Waals surface area (Å²) >= 11 is 6.06. The molecule has 0 fully saturated rings. The number of aromatic nitrogens is 1. The van der Waals surface area contributed by atoms with Gasteiger partial charge in [-0.25, -0.2) is 0 Å². The molecule has 5 heteroatoms. The van der Waals surface area contributed by atoms with Crippen LogP contribution in [0.5, 0.6) is 0 Å². The zero-order valence-electron chi connectivity index (χ0n) is 17.4. The van der Waals surface area contributed by atoms with Gasteiger partial charge in [0.1, 0.15) is 0 Å². The molecule has 1 amide bonds. The summed E-state index contributed by atoms with van der Waals surface area (Å²) in [5.74, 6) is 0.0185. The lowest BCUT2D eigenvalue weighted by Crippen LogP contribution is -2.37. The van der Waals surface area contributed by atoms with Gasteiger partial charge in [-0.15, -0.1) is 0 Å². The molecule has 2 aromatic rings. The normalized spacial score (nSPS) is 13.4. The molecule has 1 aromatic carbocycles. The lowest BCUT2D eigenvalue weighted by Gasteiger charge is -2.28. The number of carbonyl (C=O) groups is 1. The lowest BCUT2D eigenvalue weighted by atomic mass is 9.99. The van der Waals surface area contributed by atoms with E-state index in [4.69, 9.17) is 11.6 Å². The molecule has 1 aliphatic rings. The fourth-order valence-corrected chi connectivity index (χ4v) is 4.06. The lowest BCUT2D eigenvalue weighted by molar-refractivity contribution is 0.0980. The quantitative estimate of drug-likeness (QED) is 0.428. The highest BCUT2D eigenvalue weighted by Crippen LogP contribution is 2.27. The Bertz CT molecular complexity index is 808. The van der Waals surface area contributed by atoms with Crippen LogP contribution in [0, 0.1) is 0 Å². The van der Waals surface area contributed by atoms with Gasteiger partial charge in [0.05, 0.1) is 23.8 Å². The Morgan fingerprint density at radius 2 is 1.79 bits per heavy atom. The second-order valence-corrected chi connectivity index (χ2v) is 8.28. The molecule has 2 heterocycles. The van der Waals surface area contributed by atoms with Crippen LogP contribution in [-0.4, -0.2) is 24.0 Å². The van der Waals surface area contributed by atoms with Crippen molar-refractivity contribution in [3.05, 3.63) is 52.8 Å². The molecule has 0 atom stereocenters. The number of pyridine rings is 1. The van der Waals surface area contributed by atoms with E-state index in [0.717, 1.165) is 41.9 Å². The van der Waals surface area contributed by atoms with Crippen LogP contribution in [0.4, 0.5) is 11.4 Å². The minimum absolute atomic E-state index is 0.0185. The van der Waals surface area contributed by atoms with E-state index in [0.29, 0.717) is 11.6 Å². The average molecular weight is 414 g/mol. The summed E-state index contributed by atoms with van der Waals surface area (Å²) in [4.78, 5) is 19.1. The third-order valence-corrected chi connectivity index (χ3v) is 5.78. The Hall–Kier alpha value is -2.07. The van der Waals surface area contributed by atoms with Gasteiger partial charge in [-0.2, -0.15) is 0 Å². The van der Waals surface area contributed by atoms with Crippen LogP contribution >= 0.6 is 11.6 Å². The van der Waals surface area contributed by atoms with Crippen LogP contribution in [0.1, 0.15) is 74.2 Å². The van der Waals surface area contributed by atoms with Crippen LogP contribution in [-0.2, 0) is 6.42 Å². The van der Waals surface area contributed by atoms with Gasteiger partial charge in [0, 0.05) is 23.7 Å². The van der Waals surface area contributed by atoms with E-state index in [-0.39, 0.29) is 5.91 Å². The van der Waals surface area contributed by atoms with E-state index in [1.54, 1.807) is 12.3 Å². The van der Waals surface area contributed by atoms with Crippen LogP contribution in [0.2, 0.25) is 5.02 Å². The van der Waals surface area contributed by atoms with Crippen molar-refractivity contribution in [3.63, 3.8) is 0 Å². The van der Waals surface area contributed by atoms with Crippen molar-refractivity contribution in [2.24, 2.45) is 0 Å². The van der Waals surface area contributed by atoms with Crippen molar-refractivity contribution in [2.45, 2.75) is 64.7 Å². The zero-order chi connectivity index (χ0) is 20.5. The number of carbonyl (C=O) groups excluding carboxylic acids is 1. The first-order valence-electron chi connectivity index (χ1n) is 11.0. The second-order valence-electron chi connectivity index (χ2n) is 7.84. The number of rotatable bonds is 11. The first-order valence-corrected chi connectivity index (χ1v) is 11.4. The van der Waals surface area contributed by atoms with Crippen LogP contribution < -0.4 is 10.2 Å². The zero-order valence-corrected chi connectivity index (χ0v) is 18.2. The van der Waals surface area contributed by atoms with Gasteiger partial charge >= 0.3 is 0 Å². The van der Waals surface area contributed by atoms with Crippen molar-refractivity contribution in [1.82, 2.24) is 4.98 Å². The molecule has 156 valence electrons. The van der Waals surface area contributed by atoms with Gasteiger partial charge in [0.25, 0.3) is 5.91 Å². The molecule has 1 aromatic heterocycles. The Labute approximate surface area is 179 Å². The van der Waals surface area contributed by atoms with Gasteiger partial charge in [0.2, 0.25) is 0 Å². The van der Waals surface area contributed by atoms with Gasteiger partial charge in [0.15, 0.2) is 0 Å². The number of nitrogens with one attached hydrogen (secondary N) is 1. The first kappa shape index (κ1) is 21.6. The molecule has 0 aliphatic carbocycles. The van der Waals surface area contributed by atoms with Crippen molar-refractivity contribution >= 4 is 28.9 Å². The molecule has 0 unspecified atom stereocenters. The standard InChI is InChI=1S/C24H32ClN3O/c1-2-3-4-5-6-7-8-9-13-27-21-16-22(18-26-17-21)28-14-12-19-15-20(25)10-11-23(19)24(28)29/h10-11,15-18,27H,2-9,12-14H2,1H3. The van der Waals surface area contributed by atoms with E-state index in [9.17, 15) is 4.79 Å². The fourth-order valence-electron chi connectivity index (χ4n) is 3.87. The summed E-state index contributed by atoms with van der Waals surface area (Å²) in [7, 11) is 0. The Morgan fingerprint density at radius 3 is 2.59 bits per heavy atom. The molecule has 0 spiro atoms. The smallest absolute Gasteiger partial charge is 0.258 e. The van der Waals surface area contributed by atoms with Crippen molar-refractivity contribution in [3.8, 4) is 0 Å². The third-order valence-electron chi connectivity index (χ3n) is 5.54. The van der Waals surface area contributed by atoms with Gasteiger partial charge in [-0.3, -0.25) is 9.78 Å². The maximum Gasteiger partial charge on any atom is 0.258 e. The number of fused-ring (bicyclic) bond motifs is 1. The number of unbranched alkanes of at least 4 members (excludes halogenated alkanes) is 7. The van der Waals surface area contributed by atoms with Crippen LogP contribution in [0.15, 0.2) is 36.7 Å². The molecule has 0 saturated heterocycles. The van der Waals surface area contributed by atoms with E-state index >= 15 is 0 Å².